The standard InChI is InChI=1S/C18H22FN/c1-4-18(16-11-7-8-12-17(16)19)20-14(3)15-10-6-5-9-13(15)2/h5-12,14,18,20H,4H2,1-3H3. The minimum atomic E-state index is -0.135. The van der Waals surface area contributed by atoms with Crippen molar-refractivity contribution in [2.24, 2.45) is 0 Å². The molecule has 2 heteroatoms. The molecule has 0 saturated heterocycles. The van der Waals surface area contributed by atoms with Crippen LogP contribution in [0.2, 0.25) is 0 Å². The van der Waals surface area contributed by atoms with Gasteiger partial charge in [-0.15, -0.1) is 0 Å². The van der Waals surface area contributed by atoms with Crippen LogP contribution in [0.3, 0.4) is 0 Å². The molecule has 1 nitrogen and oxygen atoms in total. The molecule has 0 bridgehead atoms. The molecule has 2 rings (SSSR count). The Morgan fingerprint density at radius 3 is 2.20 bits per heavy atom. The van der Waals surface area contributed by atoms with E-state index in [1.54, 1.807) is 6.07 Å². The van der Waals surface area contributed by atoms with Crippen LogP contribution in [0.25, 0.3) is 0 Å². The average molecular weight is 271 g/mol. The van der Waals surface area contributed by atoms with Gasteiger partial charge in [0.25, 0.3) is 0 Å². The summed E-state index contributed by atoms with van der Waals surface area (Å²) < 4.78 is 13.9. The van der Waals surface area contributed by atoms with E-state index >= 15 is 0 Å². The van der Waals surface area contributed by atoms with Crippen molar-refractivity contribution in [3.63, 3.8) is 0 Å². The molecule has 1 N–H and O–H groups in total. The summed E-state index contributed by atoms with van der Waals surface area (Å²) in [6.45, 7) is 6.32. The molecule has 0 saturated carbocycles. The minimum absolute atomic E-state index is 0.0332. The molecule has 0 aliphatic rings. The summed E-state index contributed by atoms with van der Waals surface area (Å²) in [6.07, 6.45) is 0.858. The number of nitrogens with one attached hydrogen (secondary N) is 1. The van der Waals surface area contributed by atoms with Gasteiger partial charge in [-0.25, -0.2) is 4.39 Å². The largest absolute Gasteiger partial charge is 0.303 e. The Kier molecular flexibility index (Phi) is 4.91. The maximum atomic E-state index is 13.9. The van der Waals surface area contributed by atoms with Gasteiger partial charge in [0.1, 0.15) is 5.82 Å². The Balaban J connectivity index is 2.19. The molecule has 2 atom stereocenters. The first-order chi connectivity index (χ1) is 9.63. The molecule has 0 aliphatic carbocycles. The van der Waals surface area contributed by atoms with Crippen LogP contribution in [0.15, 0.2) is 48.5 Å². The van der Waals surface area contributed by atoms with Crippen LogP contribution in [-0.4, -0.2) is 0 Å². The fourth-order valence-corrected chi connectivity index (χ4v) is 2.65. The molecule has 0 radical (unpaired) electrons. The monoisotopic (exact) mass is 271 g/mol. The zero-order chi connectivity index (χ0) is 14.5. The molecule has 2 aromatic carbocycles. The van der Waals surface area contributed by atoms with Gasteiger partial charge in [-0.3, -0.25) is 0 Å². The highest BCUT2D eigenvalue weighted by Gasteiger charge is 2.17. The highest BCUT2D eigenvalue weighted by Crippen LogP contribution is 2.25. The number of benzene rings is 2. The van der Waals surface area contributed by atoms with Crippen LogP contribution < -0.4 is 5.32 Å². The van der Waals surface area contributed by atoms with Gasteiger partial charge in [-0.2, -0.15) is 0 Å². The van der Waals surface area contributed by atoms with Crippen LogP contribution in [0.4, 0.5) is 4.39 Å². The Hall–Kier alpha value is -1.67. The lowest BCUT2D eigenvalue weighted by Crippen LogP contribution is -2.25. The van der Waals surface area contributed by atoms with E-state index in [-0.39, 0.29) is 17.9 Å². The van der Waals surface area contributed by atoms with Crippen molar-refractivity contribution in [3.8, 4) is 0 Å². The molecule has 0 heterocycles. The minimum Gasteiger partial charge on any atom is -0.303 e. The van der Waals surface area contributed by atoms with Crippen LogP contribution >= 0.6 is 0 Å². The molecular weight excluding hydrogens is 249 g/mol. The third-order valence-electron chi connectivity index (χ3n) is 3.80. The van der Waals surface area contributed by atoms with E-state index in [1.165, 1.54) is 17.2 Å². The number of halogens is 1. The lowest BCUT2D eigenvalue weighted by molar-refractivity contribution is 0.438. The summed E-state index contributed by atoms with van der Waals surface area (Å²) in [6, 6.07) is 15.6. The van der Waals surface area contributed by atoms with E-state index in [0.29, 0.717) is 0 Å². The Morgan fingerprint density at radius 2 is 1.60 bits per heavy atom. The predicted molar refractivity (Wildman–Crippen MR) is 82.2 cm³/mol. The van der Waals surface area contributed by atoms with Gasteiger partial charge in [0.05, 0.1) is 0 Å². The zero-order valence-corrected chi connectivity index (χ0v) is 12.4. The third-order valence-corrected chi connectivity index (χ3v) is 3.80. The number of hydrogen-bond donors (Lipinski definition) is 1. The molecule has 20 heavy (non-hydrogen) atoms. The quantitative estimate of drug-likeness (QED) is 0.812. The maximum absolute atomic E-state index is 13.9. The highest BCUT2D eigenvalue weighted by molar-refractivity contribution is 5.29. The first-order valence-electron chi connectivity index (χ1n) is 7.19. The van der Waals surface area contributed by atoms with Gasteiger partial charge in [0.2, 0.25) is 0 Å². The fourth-order valence-electron chi connectivity index (χ4n) is 2.65. The molecular formula is C18H22FN. The Morgan fingerprint density at radius 1 is 1.00 bits per heavy atom. The molecule has 0 aliphatic heterocycles. The van der Waals surface area contributed by atoms with Crippen molar-refractivity contribution in [3.05, 3.63) is 71.0 Å². The van der Waals surface area contributed by atoms with Crippen molar-refractivity contribution in [2.75, 3.05) is 0 Å². The van der Waals surface area contributed by atoms with Crippen molar-refractivity contribution < 1.29 is 4.39 Å². The summed E-state index contributed by atoms with van der Waals surface area (Å²) in [7, 11) is 0. The average Bonchev–Trinajstić information content (AvgIpc) is 2.46. The van der Waals surface area contributed by atoms with Crippen LogP contribution in [0, 0.1) is 12.7 Å². The second kappa shape index (κ2) is 6.67. The van der Waals surface area contributed by atoms with Crippen molar-refractivity contribution >= 4 is 0 Å². The van der Waals surface area contributed by atoms with E-state index in [2.05, 4.69) is 38.2 Å². The molecule has 2 unspecified atom stereocenters. The second-order valence-electron chi connectivity index (χ2n) is 5.23. The smallest absolute Gasteiger partial charge is 0.127 e. The van der Waals surface area contributed by atoms with E-state index in [9.17, 15) is 4.39 Å². The van der Waals surface area contributed by atoms with E-state index in [4.69, 9.17) is 0 Å². The first kappa shape index (κ1) is 14.7. The third kappa shape index (κ3) is 3.26. The van der Waals surface area contributed by atoms with Gasteiger partial charge in [-0.1, -0.05) is 49.4 Å². The molecule has 0 fully saturated rings. The zero-order valence-electron chi connectivity index (χ0n) is 12.4. The van der Waals surface area contributed by atoms with Crippen molar-refractivity contribution in [1.29, 1.82) is 0 Å². The van der Waals surface area contributed by atoms with Gasteiger partial charge >= 0.3 is 0 Å². The lowest BCUT2D eigenvalue weighted by Gasteiger charge is -2.24. The summed E-state index contributed by atoms with van der Waals surface area (Å²) in [5, 5.41) is 3.54. The van der Waals surface area contributed by atoms with Crippen LogP contribution in [0.1, 0.15) is 49.0 Å². The lowest BCUT2D eigenvalue weighted by atomic mass is 9.98. The topological polar surface area (TPSA) is 12.0 Å². The van der Waals surface area contributed by atoms with E-state index < -0.39 is 0 Å². The first-order valence-corrected chi connectivity index (χ1v) is 7.19. The van der Waals surface area contributed by atoms with Crippen molar-refractivity contribution in [2.45, 2.75) is 39.3 Å². The second-order valence-corrected chi connectivity index (χ2v) is 5.23. The Labute approximate surface area is 120 Å². The van der Waals surface area contributed by atoms with E-state index in [1.807, 2.05) is 24.3 Å². The van der Waals surface area contributed by atoms with Crippen LogP contribution in [-0.2, 0) is 0 Å². The van der Waals surface area contributed by atoms with Gasteiger partial charge in [0, 0.05) is 17.6 Å². The van der Waals surface area contributed by atoms with Crippen molar-refractivity contribution in [1.82, 2.24) is 5.32 Å². The molecule has 0 amide bonds. The van der Waals surface area contributed by atoms with Gasteiger partial charge in [-0.05, 0) is 37.5 Å². The maximum Gasteiger partial charge on any atom is 0.127 e. The number of rotatable bonds is 5. The number of aryl methyl sites for hydroxylation is 1. The molecule has 106 valence electrons. The SMILES string of the molecule is CCC(NC(C)c1ccccc1C)c1ccccc1F. The van der Waals surface area contributed by atoms with Gasteiger partial charge in [0.15, 0.2) is 0 Å². The normalized spacial score (nSPS) is 14.0. The molecule has 0 spiro atoms. The number of hydrogen-bond acceptors (Lipinski definition) is 1. The molecule has 2 aromatic rings. The Bertz CT molecular complexity index is 565. The van der Waals surface area contributed by atoms with Crippen LogP contribution in [0.5, 0.6) is 0 Å². The summed E-state index contributed by atoms with van der Waals surface area (Å²) >= 11 is 0. The summed E-state index contributed by atoms with van der Waals surface area (Å²) in [5.74, 6) is -0.135. The summed E-state index contributed by atoms with van der Waals surface area (Å²) in [4.78, 5) is 0. The summed E-state index contributed by atoms with van der Waals surface area (Å²) in [5.41, 5.74) is 3.27. The molecule has 0 aromatic heterocycles. The fraction of sp³-hybridized carbons (Fsp3) is 0.333. The predicted octanol–water partition coefficient (Wildman–Crippen LogP) is 4.94. The highest BCUT2D eigenvalue weighted by atomic mass is 19.1. The van der Waals surface area contributed by atoms with E-state index in [0.717, 1.165) is 12.0 Å². The van der Waals surface area contributed by atoms with Gasteiger partial charge < -0.3 is 5.32 Å².